The minimum Gasteiger partial charge on any atom is -0.490 e. The van der Waals surface area contributed by atoms with Crippen molar-refractivity contribution < 1.29 is 18.3 Å². The monoisotopic (exact) mass is 411 g/mol. The maximum Gasteiger partial charge on any atom is 0.262 e. The fourth-order valence-electron chi connectivity index (χ4n) is 3.68. The normalized spacial score (nSPS) is 18.4. The van der Waals surface area contributed by atoms with Gasteiger partial charge < -0.3 is 14.1 Å². The van der Waals surface area contributed by atoms with Gasteiger partial charge in [-0.15, -0.1) is 11.3 Å². The molecule has 3 aromatic rings. The van der Waals surface area contributed by atoms with E-state index in [1.54, 1.807) is 23.7 Å². The third kappa shape index (κ3) is 3.40. The van der Waals surface area contributed by atoms with Crippen LogP contribution in [0.5, 0.6) is 5.75 Å². The first kappa shape index (κ1) is 17.9. The number of anilines is 1. The molecule has 0 aliphatic carbocycles. The van der Waals surface area contributed by atoms with Gasteiger partial charge in [-0.3, -0.25) is 4.79 Å². The molecule has 0 spiro atoms. The molecule has 0 fully saturated rings. The lowest BCUT2D eigenvalue weighted by Gasteiger charge is -2.32. The highest BCUT2D eigenvalue weighted by Crippen LogP contribution is 2.36. The molecule has 2 aromatic heterocycles. The van der Waals surface area contributed by atoms with Gasteiger partial charge in [-0.05, 0) is 35.7 Å². The van der Waals surface area contributed by atoms with Gasteiger partial charge in [0.2, 0.25) is 0 Å². The first-order valence-corrected chi connectivity index (χ1v) is 10.2. The standard InChI is InChI=1S/C21H18FN3O3S/c22-14-5-6-19-16(11-14)24(7-9-28-19)13-21(26)25-17(20-4-2-10-29-20)12-15(23-25)18-3-1-8-27-18/h1-6,8,10-11,17H,7,9,12-13H2. The molecule has 1 atom stereocenters. The van der Waals surface area contributed by atoms with Crippen LogP contribution in [-0.2, 0) is 4.79 Å². The third-order valence-electron chi connectivity index (χ3n) is 5.05. The van der Waals surface area contributed by atoms with Gasteiger partial charge in [0.1, 0.15) is 29.6 Å². The molecule has 1 aromatic carbocycles. The summed E-state index contributed by atoms with van der Waals surface area (Å²) in [6, 6.07) is 11.8. The fraction of sp³-hybridized carbons (Fsp3) is 0.238. The van der Waals surface area contributed by atoms with Crippen LogP contribution < -0.4 is 9.64 Å². The molecule has 0 radical (unpaired) electrons. The van der Waals surface area contributed by atoms with Gasteiger partial charge >= 0.3 is 0 Å². The number of rotatable bonds is 4. The second-order valence-electron chi connectivity index (χ2n) is 6.88. The fourth-order valence-corrected chi connectivity index (χ4v) is 4.49. The predicted octanol–water partition coefficient (Wildman–Crippen LogP) is 4.06. The Bertz CT molecular complexity index is 1050. The minimum atomic E-state index is -0.359. The average Bonchev–Trinajstić information content (AvgIpc) is 3.48. The number of carbonyl (C=O) groups excluding carboxylic acids is 1. The van der Waals surface area contributed by atoms with Crippen molar-refractivity contribution in [2.24, 2.45) is 5.10 Å². The number of halogens is 1. The predicted molar refractivity (Wildman–Crippen MR) is 108 cm³/mol. The van der Waals surface area contributed by atoms with Gasteiger partial charge in [-0.25, -0.2) is 9.40 Å². The topological polar surface area (TPSA) is 58.3 Å². The molecular formula is C21H18FN3O3S. The van der Waals surface area contributed by atoms with Crippen LogP contribution in [0.25, 0.3) is 0 Å². The highest BCUT2D eigenvalue weighted by Gasteiger charge is 2.35. The van der Waals surface area contributed by atoms with Crippen LogP contribution in [-0.4, -0.2) is 36.3 Å². The number of thiophene rings is 1. The van der Waals surface area contributed by atoms with Crippen molar-refractivity contribution in [2.45, 2.75) is 12.5 Å². The summed E-state index contributed by atoms with van der Waals surface area (Å²) in [7, 11) is 0. The van der Waals surface area contributed by atoms with Gasteiger partial charge in [0.25, 0.3) is 5.91 Å². The van der Waals surface area contributed by atoms with E-state index >= 15 is 0 Å². The van der Waals surface area contributed by atoms with Gasteiger partial charge in [0.05, 0.1) is 31.1 Å². The number of amides is 1. The van der Waals surface area contributed by atoms with Crippen molar-refractivity contribution in [3.05, 3.63) is 70.6 Å². The second-order valence-corrected chi connectivity index (χ2v) is 7.86. The molecule has 1 amide bonds. The molecule has 8 heteroatoms. The number of furan rings is 1. The van der Waals surface area contributed by atoms with Crippen molar-refractivity contribution >= 4 is 28.6 Å². The van der Waals surface area contributed by atoms with Crippen LogP contribution in [0.2, 0.25) is 0 Å². The van der Waals surface area contributed by atoms with Crippen LogP contribution >= 0.6 is 11.3 Å². The van der Waals surface area contributed by atoms with E-state index < -0.39 is 0 Å². The van der Waals surface area contributed by atoms with E-state index in [1.165, 1.54) is 17.1 Å². The van der Waals surface area contributed by atoms with Gasteiger partial charge in [0, 0.05) is 17.4 Å². The lowest BCUT2D eigenvalue weighted by Crippen LogP contribution is -2.41. The number of benzene rings is 1. The maximum absolute atomic E-state index is 13.8. The molecule has 2 aliphatic rings. The molecule has 6 nitrogen and oxygen atoms in total. The third-order valence-corrected chi connectivity index (χ3v) is 6.02. The molecule has 0 bridgehead atoms. The molecule has 4 heterocycles. The zero-order valence-electron chi connectivity index (χ0n) is 15.5. The Kier molecular flexibility index (Phi) is 4.55. The number of ether oxygens (including phenoxy) is 1. The molecular weight excluding hydrogens is 393 g/mol. The van der Waals surface area contributed by atoms with E-state index in [9.17, 15) is 9.18 Å². The van der Waals surface area contributed by atoms with E-state index in [4.69, 9.17) is 9.15 Å². The van der Waals surface area contributed by atoms with Crippen molar-refractivity contribution in [3.63, 3.8) is 0 Å². The van der Waals surface area contributed by atoms with Gasteiger partial charge in [-0.1, -0.05) is 6.07 Å². The van der Waals surface area contributed by atoms with E-state index in [1.807, 2.05) is 34.5 Å². The SMILES string of the molecule is O=C(CN1CCOc2ccc(F)cc21)N1N=C(c2ccco2)CC1c1cccs1. The summed E-state index contributed by atoms with van der Waals surface area (Å²) < 4.78 is 24.8. The molecule has 29 heavy (non-hydrogen) atoms. The van der Waals surface area contributed by atoms with E-state index in [0.717, 1.165) is 10.6 Å². The number of fused-ring (bicyclic) bond motifs is 1. The molecule has 148 valence electrons. The lowest BCUT2D eigenvalue weighted by molar-refractivity contribution is -0.131. The number of nitrogens with zero attached hydrogens (tertiary/aromatic N) is 3. The Balaban J connectivity index is 1.42. The Labute approximate surface area is 170 Å². The van der Waals surface area contributed by atoms with Crippen molar-refractivity contribution in [2.75, 3.05) is 24.6 Å². The highest BCUT2D eigenvalue weighted by molar-refractivity contribution is 7.10. The maximum atomic E-state index is 13.8. The minimum absolute atomic E-state index is 0.0939. The zero-order chi connectivity index (χ0) is 19.8. The summed E-state index contributed by atoms with van der Waals surface area (Å²) in [5.41, 5.74) is 1.34. The number of hydrogen-bond acceptors (Lipinski definition) is 6. The Morgan fingerprint density at radius 1 is 1.28 bits per heavy atom. The summed E-state index contributed by atoms with van der Waals surface area (Å²) in [6.45, 7) is 1.05. The summed E-state index contributed by atoms with van der Waals surface area (Å²) in [5.74, 6) is 0.742. The van der Waals surface area contributed by atoms with Crippen LogP contribution in [0.1, 0.15) is 23.1 Å². The summed E-state index contributed by atoms with van der Waals surface area (Å²) in [4.78, 5) is 16.2. The van der Waals surface area contributed by atoms with Crippen molar-refractivity contribution in [3.8, 4) is 5.75 Å². The van der Waals surface area contributed by atoms with Crippen LogP contribution in [0.4, 0.5) is 10.1 Å². The summed E-state index contributed by atoms with van der Waals surface area (Å²) in [5, 5.41) is 8.12. The number of hydrogen-bond donors (Lipinski definition) is 0. The summed E-state index contributed by atoms with van der Waals surface area (Å²) in [6.07, 6.45) is 2.19. The molecule has 5 rings (SSSR count). The van der Waals surface area contributed by atoms with Crippen molar-refractivity contribution in [1.29, 1.82) is 0 Å². The molecule has 1 unspecified atom stereocenters. The smallest absolute Gasteiger partial charge is 0.262 e. The Morgan fingerprint density at radius 3 is 3.00 bits per heavy atom. The van der Waals surface area contributed by atoms with Crippen LogP contribution in [0.3, 0.4) is 0 Å². The lowest BCUT2D eigenvalue weighted by atomic mass is 10.1. The second kappa shape index (κ2) is 7.36. The van der Waals surface area contributed by atoms with Gasteiger partial charge in [0.15, 0.2) is 0 Å². The molecule has 0 saturated carbocycles. The largest absolute Gasteiger partial charge is 0.490 e. The van der Waals surface area contributed by atoms with E-state index in [-0.39, 0.29) is 24.3 Å². The first-order chi connectivity index (χ1) is 14.2. The molecule has 2 aliphatic heterocycles. The first-order valence-electron chi connectivity index (χ1n) is 9.33. The summed E-state index contributed by atoms with van der Waals surface area (Å²) >= 11 is 1.60. The molecule has 0 N–H and O–H groups in total. The average molecular weight is 411 g/mol. The number of carbonyl (C=O) groups is 1. The molecule has 0 saturated heterocycles. The zero-order valence-corrected chi connectivity index (χ0v) is 16.3. The van der Waals surface area contributed by atoms with Gasteiger partial charge in [-0.2, -0.15) is 5.10 Å². The van der Waals surface area contributed by atoms with E-state index in [2.05, 4.69) is 5.10 Å². The Hall–Kier alpha value is -3.13. The number of hydrazone groups is 1. The van der Waals surface area contributed by atoms with E-state index in [0.29, 0.717) is 36.8 Å². The quantitative estimate of drug-likeness (QED) is 0.650. The highest BCUT2D eigenvalue weighted by atomic mass is 32.1. The van der Waals surface area contributed by atoms with Crippen molar-refractivity contribution in [1.82, 2.24) is 5.01 Å². The Morgan fingerprint density at radius 2 is 2.21 bits per heavy atom. The van der Waals surface area contributed by atoms with Crippen LogP contribution in [0, 0.1) is 5.82 Å². The van der Waals surface area contributed by atoms with Crippen LogP contribution in [0.15, 0.2) is 63.6 Å².